The van der Waals surface area contributed by atoms with Crippen molar-refractivity contribution in [1.29, 1.82) is 0 Å². The quantitative estimate of drug-likeness (QED) is 0.707. The van der Waals surface area contributed by atoms with Crippen LogP contribution in [-0.4, -0.2) is 68.3 Å². The van der Waals surface area contributed by atoms with Gasteiger partial charge in [-0.25, -0.2) is 0 Å². The van der Waals surface area contributed by atoms with Crippen molar-refractivity contribution in [1.82, 2.24) is 9.80 Å². The molecule has 6 heteroatoms. The van der Waals surface area contributed by atoms with Gasteiger partial charge in [0.1, 0.15) is 5.75 Å². The molecule has 1 amide bonds. The zero-order valence-corrected chi connectivity index (χ0v) is 16.4. The Morgan fingerprint density at radius 3 is 2.80 bits per heavy atom. The predicted molar refractivity (Wildman–Crippen MR) is 100 cm³/mol. The Morgan fingerprint density at radius 2 is 2.16 bits per heavy atom. The highest BCUT2D eigenvalue weighted by atomic mass is 35.5. The van der Waals surface area contributed by atoms with Gasteiger partial charge in [0.15, 0.2) is 6.10 Å². The minimum absolute atomic E-state index is 0.0325. The van der Waals surface area contributed by atoms with E-state index in [4.69, 9.17) is 21.1 Å². The Kier molecular flexibility index (Phi) is 7.54. The van der Waals surface area contributed by atoms with Gasteiger partial charge >= 0.3 is 0 Å². The van der Waals surface area contributed by atoms with Crippen molar-refractivity contribution in [2.24, 2.45) is 0 Å². The van der Waals surface area contributed by atoms with E-state index in [9.17, 15) is 4.79 Å². The maximum Gasteiger partial charge on any atom is 0.263 e. The smallest absolute Gasteiger partial charge is 0.263 e. The van der Waals surface area contributed by atoms with Crippen LogP contribution in [-0.2, 0) is 9.53 Å². The van der Waals surface area contributed by atoms with Crippen LogP contribution in [0.25, 0.3) is 0 Å². The summed E-state index contributed by atoms with van der Waals surface area (Å²) in [5, 5.41) is 0.518. The average Bonchev–Trinajstić information content (AvgIpc) is 3.07. The number of nitrogens with zero attached hydrogens (tertiary/aromatic N) is 2. The first kappa shape index (κ1) is 20.0. The molecule has 1 saturated heterocycles. The molecule has 0 bridgehead atoms. The molecule has 1 aliphatic rings. The zero-order chi connectivity index (χ0) is 18.4. The van der Waals surface area contributed by atoms with Crippen LogP contribution in [0.15, 0.2) is 18.2 Å². The highest BCUT2D eigenvalue weighted by molar-refractivity contribution is 6.32. The summed E-state index contributed by atoms with van der Waals surface area (Å²) in [6, 6.07) is 5.57. The van der Waals surface area contributed by atoms with Gasteiger partial charge in [-0.15, -0.1) is 0 Å². The molecule has 0 aromatic heterocycles. The van der Waals surface area contributed by atoms with Gasteiger partial charge in [0, 0.05) is 26.2 Å². The van der Waals surface area contributed by atoms with Gasteiger partial charge in [-0.2, -0.15) is 0 Å². The molecule has 0 saturated carbocycles. The van der Waals surface area contributed by atoms with Crippen LogP contribution in [0.2, 0.25) is 5.02 Å². The number of carbonyl (C=O) groups excluding carboxylic acids is 1. The molecule has 1 aliphatic heterocycles. The second kappa shape index (κ2) is 9.41. The lowest BCUT2D eigenvalue weighted by Gasteiger charge is -2.29. The number of rotatable bonds is 8. The summed E-state index contributed by atoms with van der Waals surface area (Å²) in [5.74, 6) is 0.516. The van der Waals surface area contributed by atoms with E-state index in [2.05, 4.69) is 4.90 Å². The molecular formula is C19H29ClN2O3. The maximum absolute atomic E-state index is 12.9. The molecule has 1 aromatic carbocycles. The summed E-state index contributed by atoms with van der Waals surface area (Å²) in [6.45, 7) is 6.60. The van der Waals surface area contributed by atoms with Crippen LogP contribution >= 0.6 is 11.6 Å². The van der Waals surface area contributed by atoms with Crippen LogP contribution in [0.1, 0.15) is 25.3 Å². The molecule has 1 fully saturated rings. The molecule has 2 atom stereocenters. The van der Waals surface area contributed by atoms with Gasteiger partial charge in [-0.3, -0.25) is 4.79 Å². The number of hydrogen-bond donors (Lipinski definition) is 0. The molecule has 0 aliphatic carbocycles. The Balaban J connectivity index is 2.03. The third-order valence-electron chi connectivity index (χ3n) is 4.32. The number of benzene rings is 1. The second-order valence-electron chi connectivity index (χ2n) is 6.92. The standard InChI is InChI=1S/C19H29ClN2O3/c1-14-7-8-17(20)18(12-14)25-15(2)19(23)22(10-9-21(3)4)13-16-6-5-11-24-16/h7-8,12,15-16H,5-6,9-11,13H2,1-4H3/t15-,16-/m0/s1. The van der Waals surface area contributed by atoms with Gasteiger partial charge in [-0.1, -0.05) is 17.7 Å². The van der Waals surface area contributed by atoms with E-state index in [1.54, 1.807) is 13.0 Å². The van der Waals surface area contributed by atoms with E-state index in [0.29, 0.717) is 23.9 Å². The summed E-state index contributed by atoms with van der Waals surface area (Å²) < 4.78 is 11.6. The van der Waals surface area contributed by atoms with Crippen molar-refractivity contribution in [3.05, 3.63) is 28.8 Å². The van der Waals surface area contributed by atoms with E-state index in [1.807, 2.05) is 38.1 Å². The number of likely N-dealkylation sites (N-methyl/N-ethyl adjacent to an activating group) is 1. The minimum Gasteiger partial charge on any atom is -0.479 e. The number of halogens is 1. The zero-order valence-electron chi connectivity index (χ0n) is 15.6. The number of ether oxygens (including phenoxy) is 2. The topological polar surface area (TPSA) is 42.0 Å². The van der Waals surface area contributed by atoms with Gasteiger partial charge in [0.2, 0.25) is 0 Å². The fraction of sp³-hybridized carbons (Fsp3) is 0.632. The largest absolute Gasteiger partial charge is 0.479 e. The maximum atomic E-state index is 12.9. The first-order valence-corrected chi connectivity index (χ1v) is 9.22. The van der Waals surface area contributed by atoms with Crippen LogP contribution in [0, 0.1) is 6.92 Å². The van der Waals surface area contributed by atoms with E-state index in [1.165, 1.54) is 0 Å². The summed E-state index contributed by atoms with van der Waals surface area (Å²) in [5.41, 5.74) is 1.04. The van der Waals surface area contributed by atoms with E-state index in [-0.39, 0.29) is 12.0 Å². The van der Waals surface area contributed by atoms with E-state index < -0.39 is 6.10 Å². The van der Waals surface area contributed by atoms with Crippen LogP contribution in [0.3, 0.4) is 0 Å². The Hall–Kier alpha value is -1.30. The fourth-order valence-corrected chi connectivity index (χ4v) is 3.01. The summed E-state index contributed by atoms with van der Waals surface area (Å²) in [4.78, 5) is 16.8. The van der Waals surface area contributed by atoms with E-state index in [0.717, 1.165) is 31.6 Å². The Bertz CT molecular complexity index is 574. The van der Waals surface area contributed by atoms with Crippen LogP contribution < -0.4 is 4.74 Å². The highest BCUT2D eigenvalue weighted by Crippen LogP contribution is 2.26. The third-order valence-corrected chi connectivity index (χ3v) is 4.63. The molecule has 0 spiro atoms. The molecule has 2 rings (SSSR count). The lowest BCUT2D eigenvalue weighted by Crippen LogP contribution is -2.46. The van der Waals surface area contributed by atoms with Crippen molar-refractivity contribution in [3.63, 3.8) is 0 Å². The highest BCUT2D eigenvalue weighted by Gasteiger charge is 2.27. The SMILES string of the molecule is Cc1ccc(Cl)c(O[C@@H](C)C(=O)N(CCN(C)C)C[C@@H]2CCCO2)c1. The minimum atomic E-state index is -0.595. The lowest BCUT2D eigenvalue weighted by molar-refractivity contribution is -0.139. The van der Waals surface area contributed by atoms with Crippen molar-refractivity contribution < 1.29 is 14.3 Å². The fourth-order valence-electron chi connectivity index (χ4n) is 2.85. The molecule has 5 nitrogen and oxygen atoms in total. The molecule has 0 N–H and O–H groups in total. The number of carbonyl (C=O) groups is 1. The molecule has 1 heterocycles. The summed E-state index contributed by atoms with van der Waals surface area (Å²) in [7, 11) is 4.00. The molecule has 1 aromatic rings. The summed E-state index contributed by atoms with van der Waals surface area (Å²) >= 11 is 6.19. The molecule has 0 radical (unpaired) electrons. The summed E-state index contributed by atoms with van der Waals surface area (Å²) in [6.07, 6.45) is 1.60. The number of amides is 1. The van der Waals surface area contributed by atoms with E-state index >= 15 is 0 Å². The molecule has 0 unspecified atom stereocenters. The predicted octanol–water partition coefficient (Wildman–Crippen LogP) is 2.98. The Morgan fingerprint density at radius 1 is 1.40 bits per heavy atom. The van der Waals surface area contributed by atoms with Crippen molar-refractivity contribution >= 4 is 17.5 Å². The van der Waals surface area contributed by atoms with Crippen molar-refractivity contribution in [2.45, 2.75) is 38.9 Å². The van der Waals surface area contributed by atoms with Crippen molar-refractivity contribution in [2.75, 3.05) is 40.3 Å². The van der Waals surface area contributed by atoms with Gasteiger partial charge in [-0.05, 0) is 58.5 Å². The van der Waals surface area contributed by atoms with Crippen molar-refractivity contribution in [3.8, 4) is 5.75 Å². The molecule has 140 valence electrons. The molecule has 25 heavy (non-hydrogen) atoms. The van der Waals surface area contributed by atoms with Gasteiger partial charge in [0.25, 0.3) is 5.91 Å². The number of aryl methyl sites for hydroxylation is 1. The second-order valence-corrected chi connectivity index (χ2v) is 7.32. The van der Waals surface area contributed by atoms with Crippen LogP contribution in [0.5, 0.6) is 5.75 Å². The monoisotopic (exact) mass is 368 g/mol. The van der Waals surface area contributed by atoms with Crippen LogP contribution in [0.4, 0.5) is 0 Å². The lowest BCUT2D eigenvalue weighted by atomic mass is 10.2. The normalized spacial score (nSPS) is 18.4. The average molecular weight is 369 g/mol. The number of hydrogen-bond acceptors (Lipinski definition) is 4. The molecular weight excluding hydrogens is 340 g/mol. The third kappa shape index (κ3) is 6.17. The first-order chi connectivity index (χ1) is 11.9. The van der Waals surface area contributed by atoms with Gasteiger partial charge < -0.3 is 19.3 Å². The van der Waals surface area contributed by atoms with Gasteiger partial charge in [0.05, 0.1) is 11.1 Å². The Labute approximate surface area is 155 Å². The first-order valence-electron chi connectivity index (χ1n) is 8.84.